The average molecular weight is 223 g/mol. The number of nitrogens with one attached hydrogen (secondary N) is 3. The van der Waals surface area contributed by atoms with Gasteiger partial charge in [0.05, 0.1) is 0 Å². The maximum absolute atomic E-state index is 11.3. The summed E-state index contributed by atoms with van der Waals surface area (Å²) >= 11 is 0. The number of hydrogen-bond donors (Lipinski definition) is 3. The molecule has 0 fully saturated rings. The molecule has 0 bridgehead atoms. The number of carbonyl (C=O) groups excluding carboxylic acids is 2. The summed E-state index contributed by atoms with van der Waals surface area (Å²) in [6.45, 7) is 3.84. The van der Waals surface area contributed by atoms with Crippen LogP contribution in [0.15, 0.2) is 24.4 Å². The lowest BCUT2D eigenvalue weighted by Crippen LogP contribution is -2.39. The van der Waals surface area contributed by atoms with Crippen LogP contribution in [0, 0.1) is 0 Å². The second-order valence-corrected chi connectivity index (χ2v) is 3.56. The lowest BCUT2D eigenvalue weighted by atomic mass is 10.3. The molecule has 0 spiro atoms. The Morgan fingerprint density at radius 1 is 1.44 bits per heavy atom. The molecular formula is C11H17N3O2. The molecule has 88 valence electrons. The molecule has 16 heavy (non-hydrogen) atoms. The summed E-state index contributed by atoms with van der Waals surface area (Å²) in [5.74, 6) is -0.644. The molecule has 2 amide bonds. The number of hydrazine groups is 1. The first-order valence-electron chi connectivity index (χ1n) is 5.34. The minimum absolute atomic E-state index is 0.173. The maximum Gasteiger partial charge on any atom is 0.247 e. The molecule has 3 N–H and O–H groups in total. The predicted molar refractivity (Wildman–Crippen MR) is 61.0 cm³/mol. The van der Waals surface area contributed by atoms with E-state index in [9.17, 15) is 9.59 Å². The van der Waals surface area contributed by atoms with Gasteiger partial charge < -0.3 is 10.7 Å². The summed E-state index contributed by atoms with van der Waals surface area (Å²) < 4.78 is 0. The Hall–Kier alpha value is -1.78. The molecular weight excluding hydrogens is 206 g/mol. The van der Waals surface area contributed by atoms with Gasteiger partial charge in [-0.2, -0.15) is 0 Å². The van der Waals surface area contributed by atoms with Crippen LogP contribution in [-0.2, 0) is 9.59 Å². The van der Waals surface area contributed by atoms with E-state index in [-0.39, 0.29) is 18.2 Å². The van der Waals surface area contributed by atoms with Crippen LogP contribution in [-0.4, -0.2) is 18.4 Å². The Bertz CT molecular complexity index is 310. The largest absolute Gasteiger partial charge is 0.352 e. The molecule has 1 rings (SSSR count). The van der Waals surface area contributed by atoms with Crippen LogP contribution < -0.4 is 16.2 Å². The Labute approximate surface area is 94.9 Å². The van der Waals surface area contributed by atoms with Crippen molar-refractivity contribution in [2.75, 3.05) is 6.54 Å². The van der Waals surface area contributed by atoms with Gasteiger partial charge >= 0.3 is 0 Å². The first-order valence-corrected chi connectivity index (χ1v) is 5.34. The SMILES string of the molecule is C=CCNC(=O)CC(=O)NNC1=CCCC1. The van der Waals surface area contributed by atoms with Crippen molar-refractivity contribution in [1.29, 1.82) is 0 Å². The summed E-state index contributed by atoms with van der Waals surface area (Å²) in [7, 11) is 0. The fourth-order valence-corrected chi connectivity index (χ4v) is 1.37. The fourth-order valence-electron chi connectivity index (χ4n) is 1.37. The minimum atomic E-state index is -0.339. The second-order valence-electron chi connectivity index (χ2n) is 3.56. The van der Waals surface area contributed by atoms with Crippen molar-refractivity contribution in [3.8, 4) is 0 Å². The van der Waals surface area contributed by atoms with Gasteiger partial charge in [0.2, 0.25) is 11.8 Å². The van der Waals surface area contributed by atoms with Crippen LogP contribution in [0.1, 0.15) is 25.7 Å². The van der Waals surface area contributed by atoms with E-state index in [1.54, 1.807) is 6.08 Å². The van der Waals surface area contributed by atoms with Crippen LogP contribution in [0.4, 0.5) is 0 Å². The van der Waals surface area contributed by atoms with Gasteiger partial charge in [-0.25, -0.2) is 0 Å². The summed E-state index contributed by atoms with van der Waals surface area (Å²) in [4.78, 5) is 22.4. The Morgan fingerprint density at radius 2 is 2.25 bits per heavy atom. The zero-order valence-electron chi connectivity index (χ0n) is 9.21. The minimum Gasteiger partial charge on any atom is -0.352 e. The zero-order chi connectivity index (χ0) is 11.8. The standard InChI is InChI=1S/C11H17N3O2/c1-2-7-12-10(15)8-11(16)14-13-9-5-3-4-6-9/h2,5,13H,1,3-4,6-8H2,(H,12,15)(H,14,16). The van der Waals surface area contributed by atoms with Crippen molar-refractivity contribution in [3.63, 3.8) is 0 Å². The molecule has 0 atom stereocenters. The smallest absolute Gasteiger partial charge is 0.247 e. The van der Waals surface area contributed by atoms with E-state index in [1.807, 2.05) is 6.08 Å². The highest BCUT2D eigenvalue weighted by molar-refractivity contribution is 5.96. The third kappa shape index (κ3) is 4.63. The summed E-state index contributed by atoms with van der Waals surface area (Å²) in [6.07, 6.45) is 6.53. The number of carbonyl (C=O) groups is 2. The molecule has 0 radical (unpaired) electrons. The second kappa shape index (κ2) is 6.66. The zero-order valence-corrected chi connectivity index (χ0v) is 9.21. The van der Waals surface area contributed by atoms with E-state index in [4.69, 9.17) is 0 Å². The van der Waals surface area contributed by atoms with E-state index in [0.717, 1.165) is 25.0 Å². The van der Waals surface area contributed by atoms with E-state index >= 15 is 0 Å². The normalized spacial score (nSPS) is 13.9. The van der Waals surface area contributed by atoms with Crippen LogP contribution >= 0.6 is 0 Å². The van der Waals surface area contributed by atoms with Gasteiger partial charge in [-0.3, -0.25) is 15.0 Å². The first kappa shape index (κ1) is 12.3. The topological polar surface area (TPSA) is 70.2 Å². The van der Waals surface area contributed by atoms with Crippen molar-refractivity contribution >= 4 is 11.8 Å². The highest BCUT2D eigenvalue weighted by Gasteiger charge is 2.09. The molecule has 1 aliphatic carbocycles. The van der Waals surface area contributed by atoms with Gasteiger partial charge in [-0.05, 0) is 19.3 Å². The third-order valence-electron chi connectivity index (χ3n) is 2.17. The van der Waals surface area contributed by atoms with Crippen molar-refractivity contribution in [1.82, 2.24) is 16.2 Å². The predicted octanol–water partition coefficient (Wildman–Crippen LogP) is 0.367. The molecule has 0 aromatic rings. The van der Waals surface area contributed by atoms with Crippen molar-refractivity contribution in [2.24, 2.45) is 0 Å². The van der Waals surface area contributed by atoms with Crippen LogP contribution in [0.2, 0.25) is 0 Å². The van der Waals surface area contributed by atoms with Gasteiger partial charge in [0.1, 0.15) is 6.42 Å². The average Bonchev–Trinajstić information content (AvgIpc) is 2.76. The molecule has 5 heteroatoms. The fraction of sp³-hybridized carbons (Fsp3) is 0.455. The molecule has 5 nitrogen and oxygen atoms in total. The van der Waals surface area contributed by atoms with Gasteiger partial charge in [0.15, 0.2) is 0 Å². The highest BCUT2D eigenvalue weighted by Crippen LogP contribution is 2.13. The van der Waals surface area contributed by atoms with Crippen LogP contribution in [0.3, 0.4) is 0 Å². The quantitative estimate of drug-likeness (QED) is 0.346. The first-order chi connectivity index (χ1) is 7.72. The van der Waals surface area contributed by atoms with Crippen LogP contribution in [0.25, 0.3) is 0 Å². The molecule has 0 saturated heterocycles. The van der Waals surface area contributed by atoms with Crippen LogP contribution in [0.5, 0.6) is 0 Å². The van der Waals surface area contributed by atoms with E-state index < -0.39 is 0 Å². The van der Waals surface area contributed by atoms with Gasteiger partial charge in [-0.15, -0.1) is 6.58 Å². The Balaban J connectivity index is 2.14. The molecule has 0 aromatic heterocycles. The molecule has 0 saturated carbocycles. The number of rotatable bonds is 6. The lowest BCUT2D eigenvalue weighted by Gasteiger charge is -2.08. The van der Waals surface area contributed by atoms with Crippen molar-refractivity contribution in [2.45, 2.75) is 25.7 Å². The lowest BCUT2D eigenvalue weighted by molar-refractivity contribution is -0.129. The van der Waals surface area contributed by atoms with E-state index in [2.05, 4.69) is 22.7 Å². The van der Waals surface area contributed by atoms with Gasteiger partial charge in [0, 0.05) is 12.2 Å². The maximum atomic E-state index is 11.3. The summed E-state index contributed by atoms with van der Waals surface area (Å²) in [5.41, 5.74) is 6.31. The molecule has 0 aromatic carbocycles. The molecule has 0 aliphatic heterocycles. The molecule has 0 heterocycles. The monoisotopic (exact) mass is 223 g/mol. The molecule has 1 aliphatic rings. The third-order valence-corrected chi connectivity index (χ3v) is 2.17. The van der Waals surface area contributed by atoms with E-state index in [0.29, 0.717) is 6.54 Å². The Morgan fingerprint density at radius 3 is 2.88 bits per heavy atom. The number of allylic oxidation sites excluding steroid dienone is 2. The number of hydrogen-bond acceptors (Lipinski definition) is 3. The molecule has 0 unspecified atom stereocenters. The van der Waals surface area contributed by atoms with Crippen molar-refractivity contribution < 1.29 is 9.59 Å². The van der Waals surface area contributed by atoms with E-state index in [1.165, 1.54) is 0 Å². The summed E-state index contributed by atoms with van der Waals surface area (Å²) in [6, 6.07) is 0. The van der Waals surface area contributed by atoms with Gasteiger partial charge in [0.25, 0.3) is 0 Å². The highest BCUT2D eigenvalue weighted by atomic mass is 16.2. The van der Waals surface area contributed by atoms with Gasteiger partial charge in [-0.1, -0.05) is 12.2 Å². The van der Waals surface area contributed by atoms with Crippen molar-refractivity contribution in [3.05, 3.63) is 24.4 Å². The number of amides is 2. The summed E-state index contributed by atoms with van der Waals surface area (Å²) in [5, 5.41) is 2.53. The Kier molecular flexibility index (Phi) is 5.11.